The molecule has 1 atom stereocenters. The number of nitrogens with one attached hydrogen (secondary N) is 2. The van der Waals surface area contributed by atoms with Crippen LogP contribution >= 0.6 is 11.3 Å². The minimum atomic E-state index is -0.667. The lowest BCUT2D eigenvalue weighted by molar-refractivity contribution is -0.123. The summed E-state index contributed by atoms with van der Waals surface area (Å²) in [5.41, 5.74) is 3.06. The van der Waals surface area contributed by atoms with Gasteiger partial charge in [-0.1, -0.05) is 45.4 Å². The number of fused-ring (bicyclic) bond motifs is 1. The van der Waals surface area contributed by atoms with Crippen LogP contribution < -0.4 is 10.6 Å². The van der Waals surface area contributed by atoms with Gasteiger partial charge >= 0.3 is 0 Å². The van der Waals surface area contributed by atoms with Gasteiger partial charge in [0.15, 0.2) is 0 Å². The van der Waals surface area contributed by atoms with Gasteiger partial charge in [-0.05, 0) is 66.6 Å². The zero-order chi connectivity index (χ0) is 27.1. The van der Waals surface area contributed by atoms with Gasteiger partial charge in [0, 0.05) is 29.4 Å². The maximum Gasteiger partial charge on any atom is 0.252 e. The molecule has 0 unspecified atom stereocenters. The van der Waals surface area contributed by atoms with Crippen molar-refractivity contribution < 1.29 is 14.0 Å². The first kappa shape index (κ1) is 27.5. The van der Waals surface area contributed by atoms with Crippen molar-refractivity contribution in [3.05, 3.63) is 87.6 Å². The van der Waals surface area contributed by atoms with Crippen LogP contribution in [0.15, 0.2) is 60.0 Å². The molecule has 38 heavy (non-hydrogen) atoms. The molecule has 2 aromatic carbocycles. The van der Waals surface area contributed by atoms with Gasteiger partial charge in [0.05, 0.1) is 11.0 Å². The van der Waals surface area contributed by atoms with E-state index in [9.17, 15) is 14.0 Å². The molecule has 0 aliphatic heterocycles. The number of thiophene rings is 1. The third kappa shape index (κ3) is 6.48. The largest absolute Gasteiger partial charge is 0.350 e. The topological polar surface area (TPSA) is 76.0 Å². The second-order valence-corrected chi connectivity index (χ2v) is 10.5. The van der Waals surface area contributed by atoms with Crippen molar-refractivity contribution in [2.45, 2.75) is 71.5 Å². The first-order valence-electron chi connectivity index (χ1n) is 13.3. The molecule has 0 bridgehead atoms. The molecule has 0 fully saturated rings. The average Bonchev–Trinajstić information content (AvgIpc) is 3.56. The second kappa shape index (κ2) is 12.8. The number of hydrogen-bond acceptors (Lipinski definition) is 4. The standard InChI is InChI=1S/C30H35FN4O2S/c1-4-8-25(30(37)32-19-20-10-13-22(31)14-11-20)34-29(36)21-12-15-27-26(17-21)33-28(18-24-9-7-16-38-24)35(27)23(5-2)6-3/h7,9-17,23,25H,4-6,8,18-19H2,1-3H3,(H,32,37)(H,34,36)/t25-/m0/s1. The number of halogens is 1. The van der Waals surface area contributed by atoms with E-state index < -0.39 is 6.04 Å². The van der Waals surface area contributed by atoms with Crippen LogP contribution in [0.25, 0.3) is 11.0 Å². The third-order valence-corrected chi connectivity index (χ3v) is 7.70. The molecule has 2 N–H and O–H groups in total. The Bertz CT molecular complexity index is 1360. The average molecular weight is 535 g/mol. The van der Waals surface area contributed by atoms with E-state index in [1.54, 1.807) is 23.5 Å². The molecule has 0 saturated heterocycles. The normalized spacial score (nSPS) is 12.1. The highest BCUT2D eigenvalue weighted by atomic mass is 32.1. The second-order valence-electron chi connectivity index (χ2n) is 9.49. The maximum absolute atomic E-state index is 13.2. The van der Waals surface area contributed by atoms with Crippen LogP contribution in [0.4, 0.5) is 4.39 Å². The number of amides is 2. The Morgan fingerprint density at radius 1 is 1.05 bits per heavy atom. The number of carbonyl (C=O) groups is 2. The number of carbonyl (C=O) groups excluding carboxylic acids is 2. The van der Waals surface area contributed by atoms with Gasteiger partial charge in [0.1, 0.15) is 17.7 Å². The van der Waals surface area contributed by atoms with Crippen molar-refractivity contribution >= 4 is 34.2 Å². The number of aromatic nitrogens is 2. The number of nitrogens with zero attached hydrogens (tertiary/aromatic N) is 2. The SMILES string of the molecule is CCC[C@H](NC(=O)c1ccc2c(c1)nc(Cc1cccs1)n2C(CC)CC)C(=O)NCc1ccc(F)cc1. The molecule has 200 valence electrons. The molecule has 2 heterocycles. The zero-order valence-electron chi connectivity index (χ0n) is 22.2. The van der Waals surface area contributed by atoms with Crippen LogP contribution in [0.5, 0.6) is 0 Å². The number of hydrogen-bond donors (Lipinski definition) is 2. The van der Waals surface area contributed by atoms with E-state index in [0.717, 1.165) is 48.1 Å². The van der Waals surface area contributed by atoms with Gasteiger partial charge in [0.25, 0.3) is 5.91 Å². The number of rotatable bonds is 12. The van der Waals surface area contributed by atoms with Crippen LogP contribution in [-0.2, 0) is 17.8 Å². The van der Waals surface area contributed by atoms with Crippen LogP contribution in [-0.4, -0.2) is 27.4 Å². The molecule has 6 nitrogen and oxygen atoms in total. The fourth-order valence-corrected chi connectivity index (χ4v) is 5.46. The molecule has 4 rings (SSSR count). The predicted molar refractivity (Wildman–Crippen MR) is 151 cm³/mol. The minimum Gasteiger partial charge on any atom is -0.350 e. The van der Waals surface area contributed by atoms with Gasteiger partial charge in [-0.3, -0.25) is 9.59 Å². The molecule has 0 saturated carbocycles. The molecule has 2 aromatic heterocycles. The third-order valence-electron chi connectivity index (χ3n) is 6.82. The van der Waals surface area contributed by atoms with Gasteiger partial charge in [-0.2, -0.15) is 0 Å². The Morgan fingerprint density at radius 2 is 1.82 bits per heavy atom. The van der Waals surface area contributed by atoms with Gasteiger partial charge < -0.3 is 15.2 Å². The van der Waals surface area contributed by atoms with Gasteiger partial charge in [-0.25, -0.2) is 9.37 Å². The van der Waals surface area contributed by atoms with Crippen LogP contribution in [0.2, 0.25) is 0 Å². The zero-order valence-corrected chi connectivity index (χ0v) is 23.0. The maximum atomic E-state index is 13.2. The fraction of sp³-hybridized carbons (Fsp3) is 0.367. The lowest BCUT2D eigenvalue weighted by Gasteiger charge is -2.19. The smallest absolute Gasteiger partial charge is 0.252 e. The summed E-state index contributed by atoms with van der Waals surface area (Å²) in [6, 6.07) is 15.4. The molecule has 0 spiro atoms. The summed E-state index contributed by atoms with van der Waals surface area (Å²) in [4.78, 5) is 32.3. The summed E-state index contributed by atoms with van der Waals surface area (Å²) in [5.74, 6) is 0.107. The number of imidazole rings is 1. The Labute approximate surface area is 227 Å². The van der Waals surface area contributed by atoms with E-state index in [2.05, 4.69) is 46.6 Å². The van der Waals surface area contributed by atoms with Crippen LogP contribution in [0, 0.1) is 5.82 Å². The van der Waals surface area contributed by atoms with E-state index in [4.69, 9.17) is 4.98 Å². The lowest BCUT2D eigenvalue weighted by atomic mass is 10.1. The van der Waals surface area contributed by atoms with Crippen molar-refractivity contribution in [2.24, 2.45) is 0 Å². The van der Waals surface area contributed by atoms with E-state index in [0.29, 0.717) is 18.0 Å². The Morgan fingerprint density at radius 3 is 2.47 bits per heavy atom. The van der Waals surface area contributed by atoms with Crippen molar-refractivity contribution in [1.29, 1.82) is 0 Å². The van der Waals surface area contributed by atoms with E-state index in [1.165, 1.54) is 17.0 Å². The molecular weight excluding hydrogens is 499 g/mol. The summed E-state index contributed by atoms with van der Waals surface area (Å²) in [6.45, 7) is 6.61. The highest BCUT2D eigenvalue weighted by Gasteiger charge is 2.22. The van der Waals surface area contributed by atoms with E-state index >= 15 is 0 Å². The molecule has 0 aliphatic rings. The first-order chi connectivity index (χ1) is 18.4. The summed E-state index contributed by atoms with van der Waals surface area (Å²) in [5, 5.41) is 7.83. The number of benzene rings is 2. The van der Waals surface area contributed by atoms with Crippen molar-refractivity contribution in [1.82, 2.24) is 20.2 Å². The highest BCUT2D eigenvalue weighted by Crippen LogP contribution is 2.28. The quantitative estimate of drug-likeness (QED) is 0.221. The summed E-state index contributed by atoms with van der Waals surface area (Å²) < 4.78 is 15.5. The fourth-order valence-electron chi connectivity index (χ4n) is 4.76. The van der Waals surface area contributed by atoms with Crippen LogP contribution in [0.1, 0.15) is 79.1 Å². The van der Waals surface area contributed by atoms with Crippen molar-refractivity contribution in [2.75, 3.05) is 0 Å². The molecule has 0 radical (unpaired) electrons. The van der Waals surface area contributed by atoms with Crippen molar-refractivity contribution in [3.63, 3.8) is 0 Å². The van der Waals surface area contributed by atoms with Crippen molar-refractivity contribution in [3.8, 4) is 0 Å². The monoisotopic (exact) mass is 534 g/mol. The summed E-state index contributed by atoms with van der Waals surface area (Å²) in [7, 11) is 0. The molecular formula is C30H35FN4O2S. The van der Waals surface area contributed by atoms with E-state index in [1.807, 2.05) is 25.1 Å². The summed E-state index contributed by atoms with van der Waals surface area (Å²) >= 11 is 1.72. The summed E-state index contributed by atoms with van der Waals surface area (Å²) in [6.07, 6.45) is 3.98. The molecule has 8 heteroatoms. The highest BCUT2D eigenvalue weighted by molar-refractivity contribution is 7.09. The van der Waals surface area contributed by atoms with E-state index in [-0.39, 0.29) is 24.2 Å². The predicted octanol–water partition coefficient (Wildman–Crippen LogP) is 6.40. The Kier molecular flexibility index (Phi) is 9.29. The molecule has 0 aliphatic carbocycles. The van der Waals surface area contributed by atoms with Gasteiger partial charge in [-0.15, -0.1) is 11.3 Å². The molecule has 2 amide bonds. The first-order valence-corrected chi connectivity index (χ1v) is 14.2. The minimum absolute atomic E-state index is 0.262. The Balaban J connectivity index is 1.53. The Hall–Kier alpha value is -3.52. The van der Waals surface area contributed by atoms with Crippen LogP contribution in [0.3, 0.4) is 0 Å². The van der Waals surface area contributed by atoms with Gasteiger partial charge in [0.2, 0.25) is 5.91 Å². The lowest BCUT2D eigenvalue weighted by Crippen LogP contribution is -2.46. The molecule has 4 aromatic rings.